The molecule has 1 saturated carbocycles. The number of hydrogen-bond acceptors (Lipinski definition) is 6. The van der Waals surface area contributed by atoms with E-state index in [1.165, 1.54) is 5.57 Å². The molecular formula is C30H36N2O5. The van der Waals surface area contributed by atoms with Crippen LogP contribution >= 0.6 is 0 Å². The second-order valence-electron chi connectivity index (χ2n) is 10.3. The molecule has 1 N–H and O–H groups in total. The van der Waals surface area contributed by atoms with Crippen LogP contribution in [-0.4, -0.2) is 39.3 Å². The maximum absolute atomic E-state index is 13.4. The van der Waals surface area contributed by atoms with E-state index in [4.69, 9.17) is 18.9 Å². The largest absolute Gasteiger partial charge is 0.493 e. The van der Waals surface area contributed by atoms with E-state index in [-0.39, 0.29) is 23.2 Å². The van der Waals surface area contributed by atoms with Crippen molar-refractivity contribution < 1.29 is 23.7 Å². The van der Waals surface area contributed by atoms with Crippen molar-refractivity contribution in [2.45, 2.75) is 34.1 Å². The van der Waals surface area contributed by atoms with Crippen LogP contribution in [0.3, 0.4) is 0 Å². The molecular weight excluding hydrogens is 468 g/mol. The van der Waals surface area contributed by atoms with Gasteiger partial charge >= 0.3 is 0 Å². The second kappa shape index (κ2) is 10.3. The van der Waals surface area contributed by atoms with Crippen LogP contribution in [-0.2, 0) is 11.2 Å². The number of aromatic nitrogens is 1. The molecule has 1 aromatic heterocycles. The first kappa shape index (κ1) is 26.3. The molecule has 1 heterocycles. The number of anilines is 1. The lowest BCUT2D eigenvalue weighted by atomic mass is 10.0. The lowest BCUT2D eigenvalue weighted by Crippen LogP contribution is -2.18. The zero-order valence-electron chi connectivity index (χ0n) is 22.9. The third-order valence-corrected chi connectivity index (χ3v) is 7.28. The van der Waals surface area contributed by atoms with Crippen molar-refractivity contribution in [3.05, 3.63) is 59.4 Å². The number of pyridine rings is 1. The van der Waals surface area contributed by atoms with E-state index in [0.717, 1.165) is 22.0 Å². The summed E-state index contributed by atoms with van der Waals surface area (Å²) >= 11 is 0. The quantitative estimate of drug-likeness (QED) is 0.358. The summed E-state index contributed by atoms with van der Waals surface area (Å²) in [6.07, 6.45) is 4.44. The molecule has 0 radical (unpaired) electrons. The van der Waals surface area contributed by atoms with Crippen LogP contribution < -0.4 is 24.3 Å². The number of nitrogens with zero attached hydrogens (tertiary/aromatic N) is 1. The predicted molar refractivity (Wildman–Crippen MR) is 146 cm³/mol. The Kier molecular flexibility index (Phi) is 7.35. The number of carbonyl (C=O) groups excluding carboxylic acids is 1. The first-order valence-corrected chi connectivity index (χ1v) is 12.3. The Morgan fingerprint density at radius 2 is 1.54 bits per heavy atom. The molecule has 0 unspecified atom stereocenters. The monoisotopic (exact) mass is 504 g/mol. The number of ether oxygens (including phenoxy) is 4. The first-order chi connectivity index (χ1) is 17.6. The highest BCUT2D eigenvalue weighted by atomic mass is 16.5. The lowest BCUT2D eigenvalue weighted by molar-refractivity contribution is -0.118. The summed E-state index contributed by atoms with van der Waals surface area (Å²) in [5.41, 5.74) is 3.52. The number of benzene rings is 2. The van der Waals surface area contributed by atoms with E-state index in [9.17, 15) is 4.79 Å². The van der Waals surface area contributed by atoms with Crippen molar-refractivity contribution in [2.24, 2.45) is 17.3 Å². The van der Waals surface area contributed by atoms with E-state index in [2.05, 4.69) is 44.1 Å². The summed E-state index contributed by atoms with van der Waals surface area (Å²) in [6.45, 7) is 8.41. The highest BCUT2D eigenvalue weighted by molar-refractivity contribution is 5.97. The number of rotatable bonds is 9. The molecule has 1 aliphatic carbocycles. The zero-order valence-corrected chi connectivity index (χ0v) is 22.9. The fourth-order valence-corrected chi connectivity index (χ4v) is 5.12. The Labute approximate surface area is 218 Å². The molecule has 1 aliphatic rings. The predicted octanol–water partition coefficient (Wildman–Crippen LogP) is 6.04. The maximum Gasteiger partial charge on any atom is 0.228 e. The standard InChI is InChI=1S/C30H36N2O5/c1-17(2)11-21-28(30(21,3)4)29(33)32-22-16-27(37-8)25(35-6)14-19(22)12-23-20-15-26(36-7)24(34-5)13-18(20)9-10-31-23/h9-11,13-16,21,28H,12H2,1-8H3,(H,32,33)/t21-,28+/m1/s1. The fraction of sp³-hybridized carbons (Fsp3) is 0.400. The molecule has 2 atom stereocenters. The summed E-state index contributed by atoms with van der Waals surface area (Å²) in [7, 11) is 6.42. The molecule has 196 valence electrons. The SMILES string of the molecule is COc1cc(Cc2nccc3cc(OC)c(OC)cc23)c(NC(=O)[C@@H]2[C@@H](C=C(C)C)C2(C)C)cc1OC. The van der Waals surface area contributed by atoms with Crippen LogP contribution in [0.2, 0.25) is 0 Å². The number of hydrogen-bond donors (Lipinski definition) is 1. The van der Waals surface area contributed by atoms with Gasteiger partial charge in [0.1, 0.15) is 0 Å². The molecule has 0 spiro atoms. The van der Waals surface area contributed by atoms with Crippen molar-refractivity contribution in [3.8, 4) is 23.0 Å². The van der Waals surface area contributed by atoms with Crippen LogP contribution in [0.25, 0.3) is 10.8 Å². The first-order valence-electron chi connectivity index (χ1n) is 12.3. The zero-order chi connectivity index (χ0) is 26.9. The topological polar surface area (TPSA) is 78.9 Å². The van der Waals surface area contributed by atoms with E-state index < -0.39 is 0 Å². The summed E-state index contributed by atoms with van der Waals surface area (Å²) in [5.74, 6) is 2.53. The minimum atomic E-state index is -0.101. The summed E-state index contributed by atoms with van der Waals surface area (Å²) in [4.78, 5) is 18.1. The number of fused-ring (bicyclic) bond motifs is 1. The van der Waals surface area contributed by atoms with Crippen molar-refractivity contribution >= 4 is 22.4 Å². The molecule has 4 rings (SSSR count). The molecule has 0 bridgehead atoms. The summed E-state index contributed by atoms with van der Waals surface area (Å²) in [6, 6.07) is 9.55. The number of allylic oxidation sites excluding steroid dienone is 2. The molecule has 1 fully saturated rings. The van der Waals surface area contributed by atoms with Gasteiger partial charge in [0.05, 0.1) is 40.1 Å². The minimum Gasteiger partial charge on any atom is -0.493 e. The van der Waals surface area contributed by atoms with E-state index >= 15 is 0 Å². The summed E-state index contributed by atoms with van der Waals surface area (Å²) in [5, 5.41) is 5.12. The van der Waals surface area contributed by atoms with E-state index in [1.54, 1.807) is 34.6 Å². The Hall–Kier alpha value is -3.74. The number of nitrogens with one attached hydrogen (secondary N) is 1. The van der Waals surface area contributed by atoms with Gasteiger partial charge in [-0.2, -0.15) is 0 Å². The minimum absolute atomic E-state index is 0.00162. The lowest BCUT2D eigenvalue weighted by Gasteiger charge is -2.17. The molecule has 2 aromatic carbocycles. The Morgan fingerprint density at radius 1 is 0.946 bits per heavy atom. The van der Waals surface area contributed by atoms with Crippen LogP contribution in [0.1, 0.15) is 39.0 Å². The van der Waals surface area contributed by atoms with Crippen molar-refractivity contribution in [1.29, 1.82) is 0 Å². The van der Waals surface area contributed by atoms with Gasteiger partial charge in [0, 0.05) is 29.8 Å². The molecule has 0 saturated heterocycles. The van der Waals surface area contributed by atoms with Gasteiger partial charge in [-0.05, 0) is 60.4 Å². The number of carbonyl (C=O) groups is 1. The van der Waals surface area contributed by atoms with Crippen LogP contribution in [0.15, 0.2) is 48.2 Å². The van der Waals surface area contributed by atoms with Crippen molar-refractivity contribution in [2.75, 3.05) is 33.8 Å². The van der Waals surface area contributed by atoms with Gasteiger partial charge in [-0.3, -0.25) is 9.78 Å². The van der Waals surface area contributed by atoms with Gasteiger partial charge in [-0.25, -0.2) is 0 Å². The molecule has 7 nitrogen and oxygen atoms in total. The highest BCUT2D eigenvalue weighted by Gasteiger charge is 2.60. The average Bonchev–Trinajstić information content (AvgIpc) is 3.42. The molecule has 3 aromatic rings. The molecule has 0 aliphatic heterocycles. The Bertz CT molecular complexity index is 1360. The van der Waals surface area contributed by atoms with Gasteiger partial charge in [0.25, 0.3) is 0 Å². The average molecular weight is 505 g/mol. The molecule has 37 heavy (non-hydrogen) atoms. The van der Waals surface area contributed by atoms with Gasteiger partial charge in [0.15, 0.2) is 23.0 Å². The number of methoxy groups -OCH3 is 4. The molecule has 1 amide bonds. The van der Waals surface area contributed by atoms with Crippen LogP contribution in [0.5, 0.6) is 23.0 Å². The van der Waals surface area contributed by atoms with Gasteiger partial charge < -0.3 is 24.3 Å². The van der Waals surface area contributed by atoms with Crippen LogP contribution in [0, 0.1) is 17.3 Å². The fourth-order valence-electron chi connectivity index (χ4n) is 5.12. The van der Waals surface area contributed by atoms with E-state index in [1.807, 2.05) is 30.3 Å². The van der Waals surface area contributed by atoms with Crippen molar-refractivity contribution in [3.63, 3.8) is 0 Å². The van der Waals surface area contributed by atoms with Crippen molar-refractivity contribution in [1.82, 2.24) is 4.98 Å². The third kappa shape index (κ3) is 5.08. The van der Waals surface area contributed by atoms with Gasteiger partial charge in [-0.1, -0.05) is 25.5 Å². The van der Waals surface area contributed by atoms with Crippen LogP contribution in [0.4, 0.5) is 5.69 Å². The smallest absolute Gasteiger partial charge is 0.228 e. The second-order valence-corrected chi connectivity index (χ2v) is 10.3. The third-order valence-electron chi connectivity index (χ3n) is 7.28. The van der Waals surface area contributed by atoms with Gasteiger partial charge in [0.2, 0.25) is 5.91 Å². The van der Waals surface area contributed by atoms with Gasteiger partial charge in [-0.15, -0.1) is 0 Å². The number of amides is 1. The normalized spacial score (nSPS) is 17.6. The Balaban J connectivity index is 1.74. The summed E-state index contributed by atoms with van der Waals surface area (Å²) < 4.78 is 22.1. The van der Waals surface area contributed by atoms with E-state index in [0.29, 0.717) is 35.1 Å². The Morgan fingerprint density at radius 3 is 2.16 bits per heavy atom. The maximum atomic E-state index is 13.4. The molecule has 7 heteroatoms. The highest BCUT2D eigenvalue weighted by Crippen LogP contribution is 2.59.